The highest BCUT2D eigenvalue weighted by atomic mass is 127. The van der Waals surface area contributed by atoms with E-state index in [0.717, 1.165) is 30.8 Å². The van der Waals surface area contributed by atoms with Crippen LogP contribution in [0.2, 0.25) is 0 Å². The minimum Gasteiger partial charge on any atom is -1.00 e. The molecule has 5 heteroatoms. The average molecular weight is 623 g/mol. The fourth-order valence-electron chi connectivity index (χ4n) is 4.56. The third-order valence-corrected chi connectivity index (χ3v) is 6.92. The third-order valence-electron chi connectivity index (χ3n) is 6.92. The van der Waals surface area contributed by atoms with Crippen molar-refractivity contribution < 1.29 is 38.1 Å². The third kappa shape index (κ3) is 12.2. The molecule has 1 atom stereocenters. The van der Waals surface area contributed by atoms with Crippen molar-refractivity contribution >= 4 is 5.91 Å². The van der Waals surface area contributed by atoms with E-state index in [-0.39, 0.29) is 41.3 Å². The summed E-state index contributed by atoms with van der Waals surface area (Å²) in [6.07, 6.45) is 17.9. The zero-order valence-electron chi connectivity index (χ0n) is 24.2. The summed E-state index contributed by atoms with van der Waals surface area (Å²) in [5, 5.41) is 3.22. The molecule has 1 unspecified atom stereocenters. The molecule has 2 rings (SSSR count). The van der Waals surface area contributed by atoms with Crippen LogP contribution in [0.1, 0.15) is 133 Å². The molecule has 0 bridgehead atoms. The SMILES string of the molecule is CCCCCCCCCCCCOc1ccc(C(CC)NC(=O)c2cc[n+](C)cc2)cc1C(C)(C)C.[I-]. The average Bonchev–Trinajstić information content (AvgIpc) is 2.85. The highest BCUT2D eigenvalue weighted by Gasteiger charge is 2.22. The van der Waals surface area contributed by atoms with Crippen LogP contribution in [-0.2, 0) is 12.5 Å². The standard InChI is InChI=1S/C32H50N2O2.HI/c1-7-9-10-11-12-13-14-15-16-17-24-36-30-19-18-27(25-28(30)32(3,4)5)29(8-2)33-31(35)26-20-22-34(6)23-21-26;/h18-23,25,29H,7-17,24H2,1-6H3;1H. The molecule has 0 saturated heterocycles. The zero-order valence-corrected chi connectivity index (χ0v) is 26.4. The second-order valence-corrected chi connectivity index (χ2v) is 11.2. The summed E-state index contributed by atoms with van der Waals surface area (Å²) in [7, 11) is 1.95. The fourth-order valence-corrected chi connectivity index (χ4v) is 4.56. The minimum absolute atomic E-state index is 0. The topological polar surface area (TPSA) is 42.2 Å². The lowest BCUT2D eigenvalue weighted by atomic mass is 9.84. The Kier molecular flexibility index (Phi) is 16.1. The van der Waals surface area contributed by atoms with Gasteiger partial charge in [0.15, 0.2) is 12.4 Å². The van der Waals surface area contributed by atoms with Gasteiger partial charge in [0.25, 0.3) is 5.91 Å². The lowest BCUT2D eigenvalue weighted by Crippen LogP contribution is -3.00. The molecular weight excluding hydrogens is 571 g/mol. The summed E-state index contributed by atoms with van der Waals surface area (Å²) in [4.78, 5) is 12.8. The molecule has 37 heavy (non-hydrogen) atoms. The van der Waals surface area contributed by atoms with Gasteiger partial charge in [-0.15, -0.1) is 0 Å². The Balaban J connectivity index is 0.00000684. The fraction of sp³-hybridized carbons (Fsp3) is 0.625. The van der Waals surface area contributed by atoms with Crippen molar-refractivity contribution in [3.8, 4) is 5.75 Å². The van der Waals surface area contributed by atoms with Gasteiger partial charge in [-0.05, 0) is 41.5 Å². The predicted molar refractivity (Wildman–Crippen MR) is 151 cm³/mol. The number of halogens is 1. The smallest absolute Gasteiger partial charge is 0.252 e. The lowest BCUT2D eigenvalue weighted by molar-refractivity contribution is -0.671. The molecule has 0 radical (unpaired) electrons. The van der Waals surface area contributed by atoms with Crippen LogP contribution in [0.25, 0.3) is 0 Å². The van der Waals surface area contributed by atoms with Gasteiger partial charge in [-0.1, -0.05) is 98.5 Å². The summed E-state index contributed by atoms with van der Waals surface area (Å²) in [6.45, 7) is 11.8. The normalized spacial score (nSPS) is 12.1. The molecular formula is C32H51IN2O2. The van der Waals surface area contributed by atoms with E-state index in [0.29, 0.717) is 5.56 Å². The zero-order chi connectivity index (χ0) is 26.4. The number of rotatable bonds is 16. The Labute approximate surface area is 244 Å². The molecule has 0 aliphatic carbocycles. The van der Waals surface area contributed by atoms with Gasteiger partial charge >= 0.3 is 0 Å². The van der Waals surface area contributed by atoms with E-state index in [1.165, 1.54) is 63.4 Å². The molecule has 0 aliphatic heterocycles. The Morgan fingerprint density at radius 2 is 1.46 bits per heavy atom. The number of nitrogens with one attached hydrogen (secondary N) is 1. The Hall–Kier alpha value is -1.63. The quantitative estimate of drug-likeness (QED) is 0.163. The van der Waals surface area contributed by atoms with E-state index in [4.69, 9.17) is 4.74 Å². The minimum atomic E-state index is -0.0421. The van der Waals surface area contributed by atoms with Crippen molar-refractivity contribution in [1.82, 2.24) is 5.32 Å². The maximum absolute atomic E-state index is 12.8. The Bertz CT molecular complexity index is 906. The van der Waals surface area contributed by atoms with E-state index >= 15 is 0 Å². The number of ether oxygens (including phenoxy) is 1. The Morgan fingerprint density at radius 1 is 0.892 bits per heavy atom. The van der Waals surface area contributed by atoms with Gasteiger partial charge in [0.2, 0.25) is 0 Å². The number of carbonyl (C=O) groups is 1. The van der Waals surface area contributed by atoms with Gasteiger partial charge in [0.05, 0.1) is 18.2 Å². The van der Waals surface area contributed by atoms with Crippen LogP contribution in [0.5, 0.6) is 5.75 Å². The molecule has 2 aromatic rings. The summed E-state index contributed by atoms with van der Waals surface area (Å²) in [5.74, 6) is 0.931. The van der Waals surface area contributed by atoms with Gasteiger partial charge < -0.3 is 34.0 Å². The first kappa shape index (κ1) is 33.4. The summed E-state index contributed by atoms with van der Waals surface area (Å²) < 4.78 is 8.20. The maximum Gasteiger partial charge on any atom is 0.252 e. The first-order valence-corrected chi connectivity index (χ1v) is 14.3. The van der Waals surface area contributed by atoms with Gasteiger partial charge in [0.1, 0.15) is 12.8 Å². The molecule has 1 aromatic carbocycles. The molecule has 1 amide bonds. The predicted octanol–water partition coefficient (Wildman–Crippen LogP) is 4.99. The van der Waals surface area contributed by atoms with Crippen molar-refractivity contribution in [2.75, 3.05) is 6.61 Å². The summed E-state index contributed by atoms with van der Waals surface area (Å²) >= 11 is 0. The van der Waals surface area contributed by atoms with Crippen LogP contribution in [0, 0.1) is 0 Å². The van der Waals surface area contributed by atoms with E-state index < -0.39 is 0 Å². The monoisotopic (exact) mass is 622 g/mol. The molecule has 1 N–H and O–H groups in total. The van der Waals surface area contributed by atoms with Gasteiger partial charge in [-0.2, -0.15) is 0 Å². The molecule has 208 valence electrons. The van der Waals surface area contributed by atoms with Crippen molar-refractivity contribution in [3.63, 3.8) is 0 Å². The van der Waals surface area contributed by atoms with Crippen molar-refractivity contribution in [1.29, 1.82) is 0 Å². The van der Waals surface area contributed by atoms with Crippen LogP contribution in [0.15, 0.2) is 42.7 Å². The number of aryl methyl sites for hydroxylation is 1. The van der Waals surface area contributed by atoms with E-state index in [1.54, 1.807) is 0 Å². The first-order chi connectivity index (χ1) is 17.3. The molecule has 4 nitrogen and oxygen atoms in total. The van der Waals surface area contributed by atoms with Crippen molar-refractivity contribution in [2.45, 2.75) is 117 Å². The molecule has 1 aromatic heterocycles. The number of benzene rings is 1. The maximum atomic E-state index is 12.8. The number of aromatic nitrogens is 1. The molecule has 0 aliphatic rings. The van der Waals surface area contributed by atoms with Crippen LogP contribution in [0.4, 0.5) is 0 Å². The van der Waals surface area contributed by atoms with E-state index in [1.807, 2.05) is 36.1 Å². The van der Waals surface area contributed by atoms with Crippen molar-refractivity contribution in [2.24, 2.45) is 7.05 Å². The summed E-state index contributed by atoms with van der Waals surface area (Å²) in [6, 6.07) is 10.1. The van der Waals surface area contributed by atoms with E-state index in [2.05, 4.69) is 58.1 Å². The number of carbonyl (C=O) groups excluding carboxylic acids is 1. The van der Waals surface area contributed by atoms with Gasteiger partial charge in [-0.25, -0.2) is 4.57 Å². The number of pyridine rings is 1. The van der Waals surface area contributed by atoms with Crippen LogP contribution < -0.4 is 38.6 Å². The van der Waals surface area contributed by atoms with Gasteiger partial charge in [0, 0.05) is 12.1 Å². The van der Waals surface area contributed by atoms with Gasteiger partial charge in [-0.3, -0.25) is 4.79 Å². The molecule has 0 fully saturated rings. The van der Waals surface area contributed by atoms with Crippen LogP contribution in [0.3, 0.4) is 0 Å². The second-order valence-electron chi connectivity index (χ2n) is 11.2. The number of unbranched alkanes of at least 4 members (excludes halogenated alkanes) is 9. The van der Waals surface area contributed by atoms with Crippen molar-refractivity contribution in [3.05, 3.63) is 59.4 Å². The number of nitrogens with zero attached hydrogens (tertiary/aromatic N) is 1. The van der Waals surface area contributed by atoms with Crippen LogP contribution in [-0.4, -0.2) is 12.5 Å². The van der Waals surface area contributed by atoms with E-state index in [9.17, 15) is 4.79 Å². The largest absolute Gasteiger partial charge is 1.00 e. The first-order valence-electron chi connectivity index (χ1n) is 14.3. The van der Waals surface area contributed by atoms with Crippen LogP contribution >= 0.6 is 0 Å². The second kappa shape index (κ2) is 17.8. The Morgan fingerprint density at radius 3 is 2.00 bits per heavy atom. The number of amides is 1. The molecule has 0 saturated carbocycles. The summed E-state index contributed by atoms with van der Waals surface area (Å²) in [5.41, 5.74) is 2.97. The lowest BCUT2D eigenvalue weighted by Gasteiger charge is -2.26. The molecule has 0 spiro atoms. The highest BCUT2D eigenvalue weighted by Crippen LogP contribution is 2.34. The number of hydrogen-bond acceptors (Lipinski definition) is 2. The number of hydrogen-bond donors (Lipinski definition) is 1. The molecule has 1 heterocycles. The highest BCUT2D eigenvalue weighted by molar-refractivity contribution is 5.94.